The lowest BCUT2D eigenvalue weighted by Crippen LogP contribution is -2.30. The van der Waals surface area contributed by atoms with Gasteiger partial charge >= 0.3 is 17.9 Å². The van der Waals surface area contributed by atoms with Crippen LogP contribution in [0.5, 0.6) is 0 Å². The maximum atomic E-state index is 12.9. The Bertz CT molecular complexity index is 1510. The van der Waals surface area contributed by atoms with Gasteiger partial charge in [0.1, 0.15) is 13.2 Å². The van der Waals surface area contributed by atoms with E-state index in [1.165, 1.54) is 154 Å². The summed E-state index contributed by atoms with van der Waals surface area (Å²) in [5, 5.41) is 0. The number of unbranched alkanes of at least 4 members (excludes halogenated alkanes) is 32. The molecule has 0 radical (unpaired) electrons. The molecule has 77 heavy (non-hydrogen) atoms. The molecule has 6 heteroatoms. The topological polar surface area (TPSA) is 78.9 Å². The fraction of sp³-hybridized carbons (Fsp3) is 0.732. The van der Waals surface area contributed by atoms with Crippen molar-refractivity contribution in [2.75, 3.05) is 13.2 Å². The fourth-order valence-electron chi connectivity index (χ4n) is 9.23. The Morgan fingerprint density at radius 3 is 0.792 bits per heavy atom. The van der Waals surface area contributed by atoms with E-state index in [0.717, 1.165) is 122 Å². The first-order valence-electron chi connectivity index (χ1n) is 32.7. The fourth-order valence-corrected chi connectivity index (χ4v) is 9.23. The Balaban J connectivity index is 4.20. The van der Waals surface area contributed by atoms with Gasteiger partial charge in [-0.2, -0.15) is 0 Å². The Hall–Kier alpha value is -3.67. The van der Waals surface area contributed by atoms with Crippen molar-refractivity contribution in [3.8, 4) is 0 Å². The highest BCUT2D eigenvalue weighted by Gasteiger charge is 2.19. The quantitative estimate of drug-likeness (QED) is 0.0261. The minimum atomic E-state index is -0.780. The molecule has 0 aliphatic carbocycles. The Morgan fingerprint density at radius 2 is 0.506 bits per heavy atom. The summed E-state index contributed by atoms with van der Waals surface area (Å²) in [6.07, 6.45) is 87.2. The second-order valence-corrected chi connectivity index (χ2v) is 21.7. The summed E-state index contributed by atoms with van der Waals surface area (Å²) in [6, 6.07) is 0. The van der Waals surface area contributed by atoms with Crippen molar-refractivity contribution in [1.29, 1.82) is 0 Å². The molecule has 442 valence electrons. The zero-order valence-electron chi connectivity index (χ0n) is 50.7. The van der Waals surface area contributed by atoms with Crippen LogP contribution in [-0.4, -0.2) is 37.2 Å². The van der Waals surface area contributed by atoms with Gasteiger partial charge in [0, 0.05) is 19.3 Å². The van der Waals surface area contributed by atoms with Gasteiger partial charge in [-0.1, -0.05) is 311 Å². The number of hydrogen-bond acceptors (Lipinski definition) is 6. The van der Waals surface area contributed by atoms with Crippen LogP contribution < -0.4 is 0 Å². The Morgan fingerprint density at radius 1 is 0.273 bits per heavy atom. The van der Waals surface area contributed by atoms with Gasteiger partial charge in [-0.05, 0) is 83.5 Å². The standard InChI is InChI=1S/C71H122O6/c1-4-7-10-13-16-19-21-23-25-27-29-31-32-33-34-35-36-37-38-39-40-41-43-44-46-48-50-52-55-58-61-64-70(73)76-67-68(66-75-69(72)63-60-57-54-18-15-12-9-6-3)77-71(74)65-62-59-56-53-51-49-47-45-42-30-28-26-24-22-20-17-14-11-8-5-2/h7,10,16,19,23,25,29,31,33-34,36-37,39-40,43-44,68H,4-6,8-9,11-15,17-18,20-22,24,26-28,30,32,35,38,41-42,45-67H2,1-3H3/b10-7-,19-16-,25-23-,31-29-,34-33-,37-36-,40-39-,44-43-. The van der Waals surface area contributed by atoms with Gasteiger partial charge in [0.25, 0.3) is 0 Å². The zero-order chi connectivity index (χ0) is 55.7. The Labute approximate surface area is 477 Å². The molecule has 0 fully saturated rings. The van der Waals surface area contributed by atoms with Crippen molar-refractivity contribution >= 4 is 17.9 Å². The minimum absolute atomic E-state index is 0.0783. The zero-order valence-corrected chi connectivity index (χ0v) is 50.7. The van der Waals surface area contributed by atoms with Crippen LogP contribution in [0.2, 0.25) is 0 Å². The molecule has 0 heterocycles. The first-order valence-corrected chi connectivity index (χ1v) is 32.7. The van der Waals surface area contributed by atoms with Crippen molar-refractivity contribution in [2.24, 2.45) is 0 Å². The molecule has 0 rings (SSSR count). The summed E-state index contributed by atoms with van der Waals surface area (Å²) in [5.74, 6) is -0.886. The van der Waals surface area contributed by atoms with E-state index in [4.69, 9.17) is 14.2 Å². The van der Waals surface area contributed by atoms with E-state index in [2.05, 4.69) is 118 Å². The molecule has 0 bridgehead atoms. The second-order valence-electron chi connectivity index (χ2n) is 21.7. The Kier molecular flexibility index (Phi) is 61.8. The molecule has 1 atom stereocenters. The van der Waals surface area contributed by atoms with E-state index >= 15 is 0 Å². The van der Waals surface area contributed by atoms with Crippen LogP contribution in [0.25, 0.3) is 0 Å². The third-order valence-electron chi connectivity index (χ3n) is 14.1. The van der Waals surface area contributed by atoms with Gasteiger partial charge in [0.05, 0.1) is 0 Å². The molecule has 0 aliphatic heterocycles. The molecular formula is C71H122O6. The smallest absolute Gasteiger partial charge is 0.306 e. The molecule has 0 amide bonds. The highest BCUT2D eigenvalue weighted by molar-refractivity contribution is 5.71. The maximum absolute atomic E-state index is 12.9. The number of esters is 3. The summed E-state index contributed by atoms with van der Waals surface area (Å²) in [7, 11) is 0. The van der Waals surface area contributed by atoms with E-state index in [1.807, 2.05) is 0 Å². The predicted molar refractivity (Wildman–Crippen MR) is 334 cm³/mol. The minimum Gasteiger partial charge on any atom is -0.462 e. The lowest BCUT2D eigenvalue weighted by Gasteiger charge is -2.18. The molecular weight excluding hydrogens is 949 g/mol. The summed E-state index contributed by atoms with van der Waals surface area (Å²) in [6.45, 7) is 6.52. The average Bonchev–Trinajstić information content (AvgIpc) is 3.43. The van der Waals surface area contributed by atoms with Gasteiger partial charge in [-0.3, -0.25) is 14.4 Å². The molecule has 0 aromatic carbocycles. The molecule has 0 saturated carbocycles. The number of carbonyl (C=O) groups is 3. The molecule has 0 aromatic rings. The number of ether oxygens (including phenoxy) is 3. The van der Waals surface area contributed by atoms with Crippen LogP contribution in [0.4, 0.5) is 0 Å². The third kappa shape index (κ3) is 63.0. The lowest BCUT2D eigenvalue weighted by atomic mass is 10.0. The van der Waals surface area contributed by atoms with Crippen LogP contribution in [0, 0.1) is 0 Å². The van der Waals surface area contributed by atoms with Crippen molar-refractivity contribution in [1.82, 2.24) is 0 Å². The molecule has 1 unspecified atom stereocenters. The van der Waals surface area contributed by atoms with Gasteiger partial charge in [-0.15, -0.1) is 0 Å². The van der Waals surface area contributed by atoms with Gasteiger partial charge < -0.3 is 14.2 Å². The summed E-state index contributed by atoms with van der Waals surface area (Å²) in [4.78, 5) is 38.1. The second kappa shape index (κ2) is 64.9. The predicted octanol–water partition coefficient (Wildman–Crippen LogP) is 22.4. The van der Waals surface area contributed by atoms with Crippen LogP contribution >= 0.6 is 0 Å². The first kappa shape index (κ1) is 73.3. The van der Waals surface area contributed by atoms with Crippen LogP contribution in [0.3, 0.4) is 0 Å². The van der Waals surface area contributed by atoms with Crippen LogP contribution in [0.1, 0.15) is 316 Å². The monoisotopic (exact) mass is 1070 g/mol. The highest BCUT2D eigenvalue weighted by atomic mass is 16.6. The number of rotatable bonds is 59. The van der Waals surface area contributed by atoms with E-state index in [9.17, 15) is 14.4 Å². The van der Waals surface area contributed by atoms with Crippen molar-refractivity contribution < 1.29 is 28.6 Å². The molecule has 0 spiro atoms. The lowest BCUT2D eigenvalue weighted by molar-refractivity contribution is -0.167. The van der Waals surface area contributed by atoms with Crippen molar-refractivity contribution in [2.45, 2.75) is 322 Å². The molecule has 0 saturated heterocycles. The van der Waals surface area contributed by atoms with Gasteiger partial charge in [0.2, 0.25) is 0 Å². The van der Waals surface area contributed by atoms with Crippen LogP contribution in [0.15, 0.2) is 97.2 Å². The number of hydrogen-bond donors (Lipinski definition) is 0. The highest BCUT2D eigenvalue weighted by Crippen LogP contribution is 2.17. The average molecular weight is 1070 g/mol. The van der Waals surface area contributed by atoms with Crippen molar-refractivity contribution in [3.63, 3.8) is 0 Å². The summed E-state index contributed by atoms with van der Waals surface area (Å²) in [5.41, 5.74) is 0. The molecule has 0 aliphatic rings. The SMILES string of the molecule is CC/C=C\C/C=C\C/C=C\C/C=C\C/C=C\C/C=C\C/C=C\C/C=C\CCCCCCCCC(=O)OCC(COC(=O)CCCCCCCCCC)OC(=O)CCCCCCCCCCCCCCCCCCCCCC. The molecule has 0 N–H and O–H groups in total. The molecule has 0 aromatic heterocycles. The first-order chi connectivity index (χ1) is 38.0. The van der Waals surface area contributed by atoms with E-state index in [-0.39, 0.29) is 31.1 Å². The van der Waals surface area contributed by atoms with Gasteiger partial charge in [-0.25, -0.2) is 0 Å². The summed E-state index contributed by atoms with van der Waals surface area (Å²) < 4.78 is 16.9. The van der Waals surface area contributed by atoms with E-state index in [1.54, 1.807) is 0 Å². The van der Waals surface area contributed by atoms with Crippen molar-refractivity contribution in [3.05, 3.63) is 97.2 Å². The normalized spacial score (nSPS) is 12.7. The van der Waals surface area contributed by atoms with E-state index < -0.39 is 6.10 Å². The summed E-state index contributed by atoms with van der Waals surface area (Å²) >= 11 is 0. The molecule has 6 nitrogen and oxygen atoms in total. The van der Waals surface area contributed by atoms with E-state index in [0.29, 0.717) is 19.3 Å². The number of carbonyl (C=O) groups excluding carboxylic acids is 3. The largest absolute Gasteiger partial charge is 0.462 e. The number of allylic oxidation sites excluding steroid dienone is 16. The van der Waals surface area contributed by atoms with Gasteiger partial charge in [0.15, 0.2) is 6.10 Å². The maximum Gasteiger partial charge on any atom is 0.306 e. The van der Waals surface area contributed by atoms with Crippen LogP contribution in [-0.2, 0) is 28.6 Å². The third-order valence-corrected chi connectivity index (χ3v) is 14.1.